The fraction of sp³-hybridized carbons (Fsp3) is 0.0556. The third kappa shape index (κ3) is 3.84. The zero-order valence-corrected chi connectivity index (χ0v) is 14.7. The van der Waals surface area contributed by atoms with Gasteiger partial charge in [-0.05, 0) is 24.3 Å². The maximum Gasteiger partial charge on any atom is 0.232 e. The van der Waals surface area contributed by atoms with E-state index in [0.717, 1.165) is 26.7 Å². The van der Waals surface area contributed by atoms with Gasteiger partial charge in [-0.1, -0.05) is 41.7 Å². The van der Waals surface area contributed by atoms with E-state index in [1.807, 2.05) is 60.0 Å². The van der Waals surface area contributed by atoms with E-state index >= 15 is 0 Å². The number of carbonyl (C=O) groups excluding carboxylic acids is 1. The van der Waals surface area contributed by atoms with E-state index < -0.39 is 0 Å². The van der Waals surface area contributed by atoms with Crippen molar-refractivity contribution in [3.63, 3.8) is 0 Å². The van der Waals surface area contributed by atoms with E-state index in [0.29, 0.717) is 5.13 Å². The van der Waals surface area contributed by atoms with Crippen LogP contribution in [0.15, 0.2) is 60.0 Å². The van der Waals surface area contributed by atoms with Gasteiger partial charge < -0.3 is 10.6 Å². The van der Waals surface area contributed by atoms with Crippen LogP contribution in [-0.4, -0.2) is 15.9 Å². The molecule has 0 unspecified atom stereocenters. The van der Waals surface area contributed by atoms with Gasteiger partial charge in [-0.25, -0.2) is 9.97 Å². The number of nitrogens with one attached hydrogen (secondary N) is 2. The number of thiazole rings is 2. The highest BCUT2D eigenvalue weighted by Crippen LogP contribution is 2.26. The van der Waals surface area contributed by atoms with Crippen molar-refractivity contribution >= 4 is 54.7 Å². The van der Waals surface area contributed by atoms with Crippen LogP contribution in [-0.2, 0) is 11.2 Å². The molecule has 4 aromatic rings. The van der Waals surface area contributed by atoms with Crippen molar-refractivity contribution in [2.45, 2.75) is 6.42 Å². The molecular weight excluding hydrogens is 352 g/mol. The molecule has 2 aromatic heterocycles. The van der Waals surface area contributed by atoms with E-state index in [-0.39, 0.29) is 12.3 Å². The molecule has 2 N–H and O–H groups in total. The predicted octanol–water partition coefficient (Wildman–Crippen LogP) is 4.68. The minimum Gasteiger partial charge on any atom is -0.332 e. The molecule has 0 aliphatic rings. The van der Waals surface area contributed by atoms with E-state index in [1.165, 1.54) is 22.7 Å². The first-order chi connectivity index (χ1) is 12.3. The molecule has 124 valence electrons. The zero-order valence-electron chi connectivity index (χ0n) is 13.1. The Morgan fingerprint density at radius 2 is 1.76 bits per heavy atom. The lowest BCUT2D eigenvalue weighted by Gasteiger charge is -2.01. The predicted molar refractivity (Wildman–Crippen MR) is 104 cm³/mol. The van der Waals surface area contributed by atoms with Crippen LogP contribution in [0.3, 0.4) is 0 Å². The molecule has 4 rings (SSSR count). The van der Waals surface area contributed by atoms with Crippen molar-refractivity contribution in [3.05, 3.63) is 65.7 Å². The Labute approximate surface area is 152 Å². The van der Waals surface area contributed by atoms with Crippen molar-refractivity contribution in [2.75, 3.05) is 10.6 Å². The highest BCUT2D eigenvalue weighted by atomic mass is 32.1. The molecule has 0 fully saturated rings. The topological polar surface area (TPSA) is 66.9 Å². The number of aromatic nitrogens is 2. The summed E-state index contributed by atoms with van der Waals surface area (Å²) in [6, 6.07) is 17.7. The van der Waals surface area contributed by atoms with Crippen molar-refractivity contribution in [1.29, 1.82) is 0 Å². The average Bonchev–Trinajstić information content (AvgIpc) is 3.21. The van der Waals surface area contributed by atoms with Crippen LogP contribution in [0.1, 0.15) is 5.69 Å². The molecule has 2 aromatic carbocycles. The van der Waals surface area contributed by atoms with Gasteiger partial charge >= 0.3 is 0 Å². The second-order valence-corrected chi connectivity index (χ2v) is 7.24. The molecule has 0 atom stereocenters. The molecule has 0 spiro atoms. The van der Waals surface area contributed by atoms with Gasteiger partial charge in [0.1, 0.15) is 0 Å². The first kappa shape index (κ1) is 15.7. The van der Waals surface area contributed by atoms with Crippen LogP contribution in [0.5, 0.6) is 0 Å². The molecular formula is C18H14N4OS2. The number of nitrogens with zero attached hydrogens (tertiary/aromatic N) is 2. The quantitative estimate of drug-likeness (QED) is 0.538. The number of amides is 1. The Kier molecular flexibility index (Phi) is 4.41. The molecule has 0 aliphatic carbocycles. The Morgan fingerprint density at radius 3 is 2.60 bits per heavy atom. The van der Waals surface area contributed by atoms with E-state index in [1.54, 1.807) is 0 Å². The lowest BCUT2D eigenvalue weighted by Crippen LogP contribution is -2.14. The monoisotopic (exact) mass is 366 g/mol. The second-order valence-electron chi connectivity index (χ2n) is 5.35. The fourth-order valence-electron chi connectivity index (χ4n) is 2.34. The van der Waals surface area contributed by atoms with Crippen LogP contribution in [0.2, 0.25) is 0 Å². The van der Waals surface area contributed by atoms with Gasteiger partial charge in [-0.15, -0.1) is 11.3 Å². The fourth-order valence-corrected chi connectivity index (χ4v) is 3.96. The summed E-state index contributed by atoms with van der Waals surface area (Å²) in [7, 11) is 0. The van der Waals surface area contributed by atoms with Gasteiger partial charge in [0.05, 0.1) is 22.3 Å². The number of rotatable bonds is 5. The molecule has 0 saturated heterocycles. The minimum atomic E-state index is -0.115. The van der Waals surface area contributed by atoms with Crippen molar-refractivity contribution in [3.8, 4) is 0 Å². The van der Waals surface area contributed by atoms with Crippen LogP contribution in [0, 0.1) is 0 Å². The summed E-state index contributed by atoms with van der Waals surface area (Å²) in [5.41, 5.74) is 2.61. The highest BCUT2D eigenvalue weighted by molar-refractivity contribution is 7.22. The summed E-state index contributed by atoms with van der Waals surface area (Å²) >= 11 is 2.95. The van der Waals surface area contributed by atoms with Gasteiger partial charge in [0.2, 0.25) is 5.91 Å². The largest absolute Gasteiger partial charge is 0.332 e. The summed E-state index contributed by atoms with van der Waals surface area (Å²) in [6.45, 7) is 0. The molecule has 5 nitrogen and oxygen atoms in total. The third-order valence-electron chi connectivity index (χ3n) is 3.46. The van der Waals surface area contributed by atoms with E-state index in [2.05, 4.69) is 20.6 Å². The van der Waals surface area contributed by atoms with E-state index in [4.69, 9.17) is 0 Å². The van der Waals surface area contributed by atoms with Crippen LogP contribution in [0.25, 0.3) is 10.2 Å². The Morgan fingerprint density at radius 1 is 0.960 bits per heavy atom. The zero-order chi connectivity index (χ0) is 17.1. The summed E-state index contributed by atoms with van der Waals surface area (Å²) < 4.78 is 1.06. The number of carbonyl (C=O) groups is 1. The SMILES string of the molecule is O=C(Cc1csc(Nc2ccccc2)n1)Nc1nc2ccccc2s1. The molecule has 2 heterocycles. The highest BCUT2D eigenvalue weighted by Gasteiger charge is 2.11. The van der Waals surface area contributed by atoms with Crippen LogP contribution in [0.4, 0.5) is 16.0 Å². The first-order valence-corrected chi connectivity index (χ1v) is 9.38. The number of fused-ring (bicyclic) bond motifs is 1. The average molecular weight is 366 g/mol. The minimum absolute atomic E-state index is 0.115. The lowest BCUT2D eigenvalue weighted by atomic mass is 10.3. The number of hydrogen-bond acceptors (Lipinski definition) is 6. The molecule has 1 amide bonds. The molecule has 0 radical (unpaired) electrons. The Bertz CT molecular complexity index is 977. The molecule has 25 heavy (non-hydrogen) atoms. The molecule has 0 aliphatic heterocycles. The van der Waals surface area contributed by atoms with Crippen molar-refractivity contribution in [2.24, 2.45) is 0 Å². The smallest absolute Gasteiger partial charge is 0.232 e. The third-order valence-corrected chi connectivity index (χ3v) is 5.22. The summed E-state index contributed by atoms with van der Waals surface area (Å²) in [5, 5.41) is 9.36. The molecule has 0 saturated carbocycles. The van der Waals surface area contributed by atoms with Crippen molar-refractivity contribution < 1.29 is 4.79 Å². The van der Waals surface area contributed by atoms with Crippen molar-refractivity contribution in [1.82, 2.24) is 9.97 Å². The molecule has 7 heteroatoms. The number of para-hydroxylation sites is 2. The normalized spacial score (nSPS) is 10.7. The Hall–Kier alpha value is -2.77. The summed E-state index contributed by atoms with van der Waals surface area (Å²) in [4.78, 5) is 21.1. The number of hydrogen-bond donors (Lipinski definition) is 2. The summed E-state index contributed by atoms with van der Waals surface area (Å²) in [6.07, 6.45) is 0.225. The second kappa shape index (κ2) is 7.00. The van der Waals surface area contributed by atoms with E-state index in [9.17, 15) is 4.79 Å². The van der Waals surface area contributed by atoms with Gasteiger partial charge in [-0.2, -0.15) is 0 Å². The van der Waals surface area contributed by atoms with Gasteiger partial charge in [-0.3, -0.25) is 4.79 Å². The maximum atomic E-state index is 12.2. The summed E-state index contributed by atoms with van der Waals surface area (Å²) in [5.74, 6) is -0.115. The standard InChI is InChI=1S/C18H14N4OS2/c23-16(22-18-21-14-8-4-5-9-15(14)25-18)10-13-11-24-17(20-13)19-12-6-2-1-3-7-12/h1-9,11H,10H2,(H,19,20)(H,21,22,23). The van der Waals surface area contributed by atoms with Crippen LogP contribution >= 0.6 is 22.7 Å². The lowest BCUT2D eigenvalue weighted by molar-refractivity contribution is -0.115. The molecule has 0 bridgehead atoms. The van der Waals surface area contributed by atoms with Gasteiger partial charge in [0.25, 0.3) is 0 Å². The number of anilines is 3. The maximum absolute atomic E-state index is 12.2. The van der Waals surface area contributed by atoms with Gasteiger partial charge in [0.15, 0.2) is 10.3 Å². The van der Waals surface area contributed by atoms with Gasteiger partial charge in [0, 0.05) is 11.1 Å². The Balaban J connectivity index is 1.39. The van der Waals surface area contributed by atoms with Crippen LogP contribution < -0.4 is 10.6 Å². The number of benzene rings is 2. The first-order valence-electron chi connectivity index (χ1n) is 7.68.